The summed E-state index contributed by atoms with van der Waals surface area (Å²) in [7, 11) is 2.07. The number of hydrogen-bond donors (Lipinski definition) is 1. The van der Waals surface area contributed by atoms with Gasteiger partial charge in [0.05, 0.1) is 0 Å². The molecule has 2 nitrogen and oxygen atoms in total. The number of rotatable bonds is 4. The molecule has 2 rings (SSSR count). The van der Waals surface area contributed by atoms with Gasteiger partial charge < -0.3 is 5.11 Å². The van der Waals surface area contributed by atoms with Gasteiger partial charge in [0, 0.05) is 18.2 Å². The van der Waals surface area contributed by atoms with E-state index in [0.717, 1.165) is 12.1 Å². The van der Waals surface area contributed by atoms with E-state index in [2.05, 4.69) is 43.1 Å². The zero-order valence-corrected chi connectivity index (χ0v) is 10.9. The van der Waals surface area contributed by atoms with Crippen molar-refractivity contribution in [3.05, 3.63) is 65.7 Å². The van der Waals surface area contributed by atoms with Crippen molar-refractivity contribution >= 4 is 0 Å². The van der Waals surface area contributed by atoms with Crippen LogP contribution < -0.4 is 0 Å². The summed E-state index contributed by atoms with van der Waals surface area (Å²) in [6.07, 6.45) is 0. The highest BCUT2D eigenvalue weighted by molar-refractivity contribution is 5.31. The molecule has 0 aliphatic carbocycles. The van der Waals surface area contributed by atoms with Crippen molar-refractivity contribution < 1.29 is 5.11 Å². The van der Waals surface area contributed by atoms with Crippen LogP contribution in [0.15, 0.2) is 54.6 Å². The van der Waals surface area contributed by atoms with E-state index in [-0.39, 0.29) is 0 Å². The lowest BCUT2D eigenvalue weighted by molar-refractivity contribution is 0.250. The molecular weight excluding hydrogens is 222 g/mol. The van der Waals surface area contributed by atoms with E-state index in [0.29, 0.717) is 11.8 Å². The van der Waals surface area contributed by atoms with Gasteiger partial charge in [0.2, 0.25) is 0 Å². The van der Waals surface area contributed by atoms with Crippen LogP contribution in [0, 0.1) is 0 Å². The maximum Gasteiger partial charge on any atom is 0.120 e. The fraction of sp³-hybridized carbons (Fsp3) is 0.250. The number of benzene rings is 2. The summed E-state index contributed by atoms with van der Waals surface area (Å²) >= 11 is 0. The van der Waals surface area contributed by atoms with Crippen LogP contribution in [-0.2, 0) is 6.54 Å². The van der Waals surface area contributed by atoms with Crippen LogP contribution in [-0.4, -0.2) is 17.1 Å². The van der Waals surface area contributed by atoms with Crippen molar-refractivity contribution in [1.82, 2.24) is 4.90 Å². The van der Waals surface area contributed by atoms with E-state index < -0.39 is 0 Å². The maximum atomic E-state index is 9.79. The second kappa shape index (κ2) is 5.69. The van der Waals surface area contributed by atoms with Crippen LogP contribution in [0.25, 0.3) is 0 Å². The third-order valence-electron chi connectivity index (χ3n) is 3.35. The van der Waals surface area contributed by atoms with E-state index in [4.69, 9.17) is 0 Å². The molecule has 0 saturated heterocycles. The second-order valence-electron chi connectivity index (χ2n) is 4.63. The first-order valence-corrected chi connectivity index (χ1v) is 6.20. The minimum Gasteiger partial charge on any atom is -0.508 e. The average molecular weight is 241 g/mol. The quantitative estimate of drug-likeness (QED) is 0.884. The molecule has 0 bridgehead atoms. The standard InChI is InChI=1S/C16H19NO/c1-13(14-8-4-3-5-9-14)17(2)12-15-10-6-7-11-16(15)18/h3-11,13,18H,12H2,1-2H3. The molecule has 0 aromatic heterocycles. The van der Waals surface area contributed by atoms with Gasteiger partial charge in [-0.25, -0.2) is 0 Å². The van der Waals surface area contributed by atoms with Crippen molar-refractivity contribution in [3.8, 4) is 5.75 Å². The molecule has 0 spiro atoms. The van der Waals surface area contributed by atoms with Crippen molar-refractivity contribution in [2.75, 3.05) is 7.05 Å². The Balaban J connectivity index is 2.09. The lowest BCUT2D eigenvalue weighted by Gasteiger charge is -2.25. The van der Waals surface area contributed by atoms with E-state index in [1.807, 2.05) is 24.3 Å². The molecule has 0 heterocycles. The molecule has 1 unspecified atom stereocenters. The summed E-state index contributed by atoms with van der Waals surface area (Å²) in [5.41, 5.74) is 2.25. The summed E-state index contributed by atoms with van der Waals surface area (Å²) in [5.74, 6) is 0.365. The molecule has 2 heteroatoms. The molecule has 0 aliphatic heterocycles. The van der Waals surface area contributed by atoms with Gasteiger partial charge in [-0.3, -0.25) is 4.90 Å². The van der Waals surface area contributed by atoms with Gasteiger partial charge in [-0.05, 0) is 25.6 Å². The van der Waals surface area contributed by atoms with E-state index in [9.17, 15) is 5.11 Å². The third-order valence-corrected chi connectivity index (χ3v) is 3.35. The summed E-state index contributed by atoms with van der Waals surface area (Å²) in [5, 5.41) is 9.79. The molecule has 0 amide bonds. The fourth-order valence-electron chi connectivity index (χ4n) is 2.04. The average Bonchev–Trinajstić information content (AvgIpc) is 2.41. The lowest BCUT2D eigenvalue weighted by Crippen LogP contribution is -2.21. The molecular formula is C16H19NO. The van der Waals surface area contributed by atoms with Crippen LogP contribution in [0.4, 0.5) is 0 Å². The van der Waals surface area contributed by atoms with E-state index in [1.54, 1.807) is 6.07 Å². The molecule has 1 atom stereocenters. The lowest BCUT2D eigenvalue weighted by atomic mass is 10.1. The molecule has 0 fully saturated rings. The van der Waals surface area contributed by atoms with E-state index in [1.165, 1.54) is 5.56 Å². The number of para-hydroxylation sites is 1. The highest BCUT2D eigenvalue weighted by atomic mass is 16.3. The third kappa shape index (κ3) is 2.90. The van der Waals surface area contributed by atoms with E-state index >= 15 is 0 Å². The summed E-state index contributed by atoms with van der Waals surface area (Å²) in [6.45, 7) is 2.91. The zero-order valence-electron chi connectivity index (χ0n) is 10.9. The Kier molecular flexibility index (Phi) is 4.00. The largest absolute Gasteiger partial charge is 0.508 e. The predicted octanol–water partition coefficient (Wildman–Crippen LogP) is 3.59. The van der Waals surface area contributed by atoms with Gasteiger partial charge in [0.15, 0.2) is 0 Å². The minimum atomic E-state index is 0.325. The molecule has 0 aliphatic rings. The van der Waals surface area contributed by atoms with Gasteiger partial charge in [0.25, 0.3) is 0 Å². The Morgan fingerprint density at radius 1 is 1.00 bits per heavy atom. The maximum absolute atomic E-state index is 9.79. The van der Waals surface area contributed by atoms with Gasteiger partial charge in [0.1, 0.15) is 5.75 Å². The molecule has 18 heavy (non-hydrogen) atoms. The van der Waals surface area contributed by atoms with Gasteiger partial charge in [-0.1, -0.05) is 48.5 Å². The van der Waals surface area contributed by atoms with Gasteiger partial charge >= 0.3 is 0 Å². The summed E-state index contributed by atoms with van der Waals surface area (Å²) < 4.78 is 0. The number of phenolic OH excluding ortho intramolecular Hbond substituents is 1. The summed E-state index contributed by atoms with van der Waals surface area (Å²) in [4.78, 5) is 2.23. The number of aromatic hydroxyl groups is 1. The fourth-order valence-corrected chi connectivity index (χ4v) is 2.04. The molecule has 2 aromatic carbocycles. The first kappa shape index (κ1) is 12.7. The Morgan fingerprint density at radius 3 is 2.28 bits per heavy atom. The monoisotopic (exact) mass is 241 g/mol. The van der Waals surface area contributed by atoms with Gasteiger partial charge in [-0.15, -0.1) is 0 Å². The van der Waals surface area contributed by atoms with Crippen molar-refractivity contribution in [3.63, 3.8) is 0 Å². The Hall–Kier alpha value is -1.80. The zero-order chi connectivity index (χ0) is 13.0. The van der Waals surface area contributed by atoms with Crippen molar-refractivity contribution in [2.24, 2.45) is 0 Å². The number of hydrogen-bond acceptors (Lipinski definition) is 2. The van der Waals surface area contributed by atoms with Gasteiger partial charge in [-0.2, -0.15) is 0 Å². The first-order valence-electron chi connectivity index (χ1n) is 6.20. The number of phenols is 1. The predicted molar refractivity (Wildman–Crippen MR) is 74.4 cm³/mol. The molecule has 94 valence electrons. The smallest absolute Gasteiger partial charge is 0.120 e. The van der Waals surface area contributed by atoms with Crippen LogP contribution in [0.1, 0.15) is 24.1 Å². The Labute approximate surface area is 109 Å². The molecule has 0 saturated carbocycles. The SMILES string of the molecule is CC(c1ccccc1)N(C)Cc1ccccc1O. The Morgan fingerprint density at radius 2 is 1.61 bits per heavy atom. The highest BCUT2D eigenvalue weighted by Gasteiger charge is 2.12. The van der Waals surface area contributed by atoms with Crippen LogP contribution in [0.2, 0.25) is 0 Å². The normalized spacial score (nSPS) is 12.6. The van der Waals surface area contributed by atoms with Crippen LogP contribution >= 0.6 is 0 Å². The molecule has 0 radical (unpaired) electrons. The van der Waals surface area contributed by atoms with Crippen molar-refractivity contribution in [1.29, 1.82) is 0 Å². The summed E-state index contributed by atoms with van der Waals surface area (Å²) in [6, 6.07) is 18.2. The number of nitrogens with zero attached hydrogens (tertiary/aromatic N) is 1. The second-order valence-corrected chi connectivity index (χ2v) is 4.63. The molecule has 2 aromatic rings. The first-order chi connectivity index (χ1) is 8.68. The molecule has 1 N–H and O–H groups in total. The topological polar surface area (TPSA) is 23.5 Å². The Bertz CT molecular complexity index is 495. The van der Waals surface area contributed by atoms with Crippen LogP contribution in [0.3, 0.4) is 0 Å². The van der Waals surface area contributed by atoms with Crippen LogP contribution in [0.5, 0.6) is 5.75 Å². The minimum absolute atomic E-state index is 0.325. The highest BCUT2D eigenvalue weighted by Crippen LogP contribution is 2.23. The van der Waals surface area contributed by atoms with Crippen molar-refractivity contribution in [2.45, 2.75) is 19.5 Å².